The summed E-state index contributed by atoms with van der Waals surface area (Å²) in [5, 5.41) is 12.0. The zero-order chi connectivity index (χ0) is 18.1. The molecule has 0 radical (unpaired) electrons. The van der Waals surface area contributed by atoms with Crippen molar-refractivity contribution in [3.63, 3.8) is 0 Å². The highest BCUT2D eigenvalue weighted by Gasteiger charge is 2.19. The zero-order valence-corrected chi connectivity index (χ0v) is 15.6. The predicted octanol–water partition coefficient (Wildman–Crippen LogP) is 3.64. The first-order valence-electron chi connectivity index (χ1n) is 7.68. The number of benzene rings is 1. The molecule has 0 aliphatic heterocycles. The number of hydrogen-bond acceptors (Lipinski definition) is 4. The van der Waals surface area contributed by atoms with Crippen molar-refractivity contribution in [2.75, 3.05) is 5.32 Å². The van der Waals surface area contributed by atoms with E-state index in [0.29, 0.717) is 27.5 Å². The molecule has 0 saturated carbocycles. The van der Waals surface area contributed by atoms with E-state index in [9.17, 15) is 4.79 Å². The van der Waals surface area contributed by atoms with Crippen LogP contribution in [0.25, 0.3) is 5.65 Å². The Hall–Kier alpha value is -2.71. The van der Waals surface area contributed by atoms with Crippen LogP contribution in [0.3, 0.4) is 0 Å². The smallest absolute Gasteiger partial charge is 0.278 e. The fourth-order valence-electron chi connectivity index (χ4n) is 2.47. The van der Waals surface area contributed by atoms with Crippen LogP contribution in [0, 0.1) is 0 Å². The molecule has 0 unspecified atom stereocenters. The van der Waals surface area contributed by atoms with E-state index in [0.717, 1.165) is 5.56 Å². The number of aromatic nitrogens is 5. The van der Waals surface area contributed by atoms with Gasteiger partial charge in [-0.1, -0.05) is 23.7 Å². The van der Waals surface area contributed by atoms with Crippen LogP contribution in [0.2, 0.25) is 5.02 Å². The molecule has 3 heterocycles. The Kier molecular flexibility index (Phi) is 4.44. The van der Waals surface area contributed by atoms with Gasteiger partial charge < -0.3 is 5.32 Å². The molecule has 1 N–H and O–H groups in total. The van der Waals surface area contributed by atoms with Crippen molar-refractivity contribution in [3.8, 4) is 0 Å². The quantitative estimate of drug-likeness (QED) is 0.535. The highest BCUT2D eigenvalue weighted by molar-refractivity contribution is 9.10. The van der Waals surface area contributed by atoms with Gasteiger partial charge in [0.1, 0.15) is 0 Å². The van der Waals surface area contributed by atoms with Crippen molar-refractivity contribution in [1.82, 2.24) is 24.4 Å². The number of hydrogen-bond donors (Lipinski definition) is 1. The van der Waals surface area contributed by atoms with Gasteiger partial charge in [0.2, 0.25) is 0 Å². The van der Waals surface area contributed by atoms with Crippen LogP contribution in [-0.2, 0) is 6.54 Å². The molecule has 0 spiro atoms. The third-order valence-corrected chi connectivity index (χ3v) is 4.68. The van der Waals surface area contributed by atoms with Gasteiger partial charge in [-0.3, -0.25) is 9.48 Å². The SMILES string of the molecule is O=C(Nc1ccn(Cc2ccc(Cl)cc2)n1)c1nn2cccnc2c1Br. The lowest BCUT2D eigenvalue weighted by Crippen LogP contribution is -2.14. The van der Waals surface area contributed by atoms with Crippen molar-refractivity contribution in [1.29, 1.82) is 0 Å². The van der Waals surface area contributed by atoms with Gasteiger partial charge in [-0.25, -0.2) is 9.50 Å². The van der Waals surface area contributed by atoms with E-state index in [1.165, 1.54) is 4.52 Å². The van der Waals surface area contributed by atoms with Crippen LogP contribution in [0.4, 0.5) is 5.82 Å². The zero-order valence-electron chi connectivity index (χ0n) is 13.3. The Morgan fingerprint density at radius 1 is 1.15 bits per heavy atom. The summed E-state index contributed by atoms with van der Waals surface area (Å²) < 4.78 is 3.81. The Morgan fingerprint density at radius 3 is 2.73 bits per heavy atom. The average molecular weight is 432 g/mol. The largest absolute Gasteiger partial charge is 0.304 e. The first kappa shape index (κ1) is 16.7. The molecule has 130 valence electrons. The van der Waals surface area contributed by atoms with E-state index in [2.05, 4.69) is 36.4 Å². The molecule has 1 amide bonds. The first-order valence-corrected chi connectivity index (χ1v) is 8.85. The third kappa shape index (κ3) is 3.33. The van der Waals surface area contributed by atoms with Crippen LogP contribution < -0.4 is 5.32 Å². The molecule has 1 aromatic carbocycles. The molecular weight excluding hydrogens is 420 g/mol. The van der Waals surface area contributed by atoms with Crippen LogP contribution in [-0.4, -0.2) is 30.3 Å². The van der Waals surface area contributed by atoms with Crippen molar-refractivity contribution >= 4 is 44.9 Å². The lowest BCUT2D eigenvalue weighted by Gasteiger charge is -2.02. The minimum Gasteiger partial charge on any atom is -0.304 e. The normalized spacial score (nSPS) is 11.0. The second-order valence-electron chi connectivity index (χ2n) is 5.53. The van der Waals surface area contributed by atoms with Crippen molar-refractivity contribution in [2.24, 2.45) is 0 Å². The average Bonchev–Trinajstić information content (AvgIpc) is 3.22. The summed E-state index contributed by atoms with van der Waals surface area (Å²) in [7, 11) is 0. The number of nitrogens with zero attached hydrogens (tertiary/aromatic N) is 5. The topological polar surface area (TPSA) is 77.1 Å². The number of nitrogens with one attached hydrogen (secondary N) is 1. The van der Waals surface area contributed by atoms with E-state index in [1.807, 2.05) is 24.3 Å². The summed E-state index contributed by atoms with van der Waals surface area (Å²) in [4.78, 5) is 16.7. The fourth-order valence-corrected chi connectivity index (χ4v) is 3.14. The second kappa shape index (κ2) is 6.89. The molecule has 3 aromatic heterocycles. The summed E-state index contributed by atoms with van der Waals surface area (Å²) in [5.74, 6) is 0.0833. The van der Waals surface area contributed by atoms with Crippen LogP contribution in [0.15, 0.2) is 59.5 Å². The highest BCUT2D eigenvalue weighted by atomic mass is 79.9. The van der Waals surface area contributed by atoms with E-state index >= 15 is 0 Å². The van der Waals surface area contributed by atoms with Gasteiger partial charge >= 0.3 is 0 Å². The summed E-state index contributed by atoms with van der Waals surface area (Å²) >= 11 is 9.27. The predicted molar refractivity (Wildman–Crippen MR) is 101 cm³/mol. The van der Waals surface area contributed by atoms with Crippen molar-refractivity contribution < 1.29 is 4.79 Å². The van der Waals surface area contributed by atoms with Crippen LogP contribution >= 0.6 is 27.5 Å². The summed E-state index contributed by atoms with van der Waals surface area (Å²) in [5.41, 5.74) is 1.88. The van der Waals surface area contributed by atoms with Gasteiger partial charge in [0.25, 0.3) is 5.91 Å². The minimum atomic E-state index is -0.362. The molecule has 0 aliphatic rings. The molecule has 9 heteroatoms. The third-order valence-electron chi connectivity index (χ3n) is 3.69. The molecule has 4 rings (SSSR count). The maximum absolute atomic E-state index is 12.5. The Labute approximate surface area is 161 Å². The van der Waals surface area contributed by atoms with Gasteiger partial charge in [-0.15, -0.1) is 0 Å². The van der Waals surface area contributed by atoms with Crippen LogP contribution in [0.1, 0.15) is 16.1 Å². The first-order chi connectivity index (χ1) is 12.6. The molecule has 0 fully saturated rings. The van der Waals surface area contributed by atoms with Crippen LogP contribution in [0.5, 0.6) is 0 Å². The maximum atomic E-state index is 12.5. The Morgan fingerprint density at radius 2 is 1.96 bits per heavy atom. The lowest BCUT2D eigenvalue weighted by atomic mass is 10.2. The number of fused-ring (bicyclic) bond motifs is 1. The second-order valence-corrected chi connectivity index (χ2v) is 6.76. The van der Waals surface area contributed by atoms with Crippen molar-refractivity contribution in [3.05, 3.63) is 75.7 Å². The monoisotopic (exact) mass is 430 g/mol. The number of carbonyl (C=O) groups is 1. The summed E-state index contributed by atoms with van der Waals surface area (Å²) in [6.45, 7) is 0.578. The number of anilines is 1. The van der Waals surface area contributed by atoms with Crippen molar-refractivity contribution in [2.45, 2.75) is 6.54 Å². The van der Waals surface area contributed by atoms with Gasteiger partial charge in [0, 0.05) is 29.7 Å². The Bertz CT molecular complexity index is 1090. The molecule has 7 nitrogen and oxygen atoms in total. The van der Waals surface area contributed by atoms with E-state index < -0.39 is 0 Å². The van der Waals surface area contributed by atoms with Gasteiger partial charge in [0.15, 0.2) is 17.2 Å². The van der Waals surface area contributed by atoms with Gasteiger partial charge in [0.05, 0.1) is 11.0 Å². The summed E-state index contributed by atoms with van der Waals surface area (Å²) in [6.07, 6.45) is 5.16. The van der Waals surface area contributed by atoms with E-state index in [1.54, 1.807) is 35.4 Å². The number of carbonyl (C=O) groups excluding carboxylic acids is 1. The number of halogens is 2. The minimum absolute atomic E-state index is 0.246. The maximum Gasteiger partial charge on any atom is 0.278 e. The molecule has 4 aromatic rings. The molecule has 0 saturated heterocycles. The molecular formula is C17H12BrClN6O. The number of rotatable bonds is 4. The summed E-state index contributed by atoms with van der Waals surface area (Å²) in [6, 6.07) is 11.0. The Balaban J connectivity index is 1.50. The van der Waals surface area contributed by atoms with Gasteiger partial charge in [-0.05, 0) is 39.7 Å². The standard InChI is InChI=1S/C17H12BrClN6O/c18-14-15(23-25-8-1-7-20-16(14)25)17(26)21-13-6-9-24(22-13)10-11-2-4-12(19)5-3-11/h1-9H,10H2,(H,21,22,26). The molecule has 0 atom stereocenters. The lowest BCUT2D eigenvalue weighted by molar-refractivity contribution is 0.102. The molecule has 0 aliphatic carbocycles. The van der Waals surface area contributed by atoms with E-state index in [4.69, 9.17) is 11.6 Å². The molecule has 0 bridgehead atoms. The van der Waals surface area contributed by atoms with E-state index in [-0.39, 0.29) is 11.6 Å². The fraction of sp³-hybridized carbons (Fsp3) is 0.0588. The number of amides is 1. The van der Waals surface area contributed by atoms with Gasteiger partial charge in [-0.2, -0.15) is 10.2 Å². The molecule has 26 heavy (non-hydrogen) atoms. The highest BCUT2D eigenvalue weighted by Crippen LogP contribution is 2.21.